The number of nitrogens with one attached hydrogen (secondary N) is 3. The number of hydrogen-bond donors (Lipinski definition) is 3. The first kappa shape index (κ1) is 20.0. The summed E-state index contributed by atoms with van der Waals surface area (Å²) in [5.41, 5.74) is 2.03. The third-order valence-electron chi connectivity index (χ3n) is 3.88. The van der Waals surface area contributed by atoms with Crippen molar-refractivity contribution in [3.8, 4) is 0 Å². The van der Waals surface area contributed by atoms with Crippen molar-refractivity contribution in [1.29, 1.82) is 0 Å². The van der Waals surface area contributed by atoms with E-state index in [0.717, 1.165) is 15.7 Å². The molecule has 0 aliphatic heterocycles. The van der Waals surface area contributed by atoms with Gasteiger partial charge in [0.15, 0.2) is 5.13 Å². The molecular formula is C19H17BrN4O3S. The van der Waals surface area contributed by atoms with E-state index in [1.807, 2.05) is 25.1 Å². The van der Waals surface area contributed by atoms with E-state index in [1.54, 1.807) is 11.4 Å². The summed E-state index contributed by atoms with van der Waals surface area (Å²) in [6.45, 7) is 1.95. The number of carbonyl (C=O) groups is 2. The fraction of sp³-hybridized carbons (Fsp3) is 0.158. The molecule has 2 aromatic heterocycles. The van der Waals surface area contributed by atoms with Gasteiger partial charge in [-0.25, -0.2) is 4.98 Å². The highest BCUT2D eigenvalue weighted by atomic mass is 79.9. The van der Waals surface area contributed by atoms with Crippen LogP contribution in [0.1, 0.15) is 28.0 Å². The number of pyridine rings is 1. The van der Waals surface area contributed by atoms with Gasteiger partial charge in [0.2, 0.25) is 5.91 Å². The Labute approximate surface area is 173 Å². The molecule has 3 rings (SSSR count). The van der Waals surface area contributed by atoms with E-state index < -0.39 is 11.5 Å². The van der Waals surface area contributed by atoms with E-state index >= 15 is 0 Å². The second-order valence-corrected chi connectivity index (χ2v) is 7.74. The van der Waals surface area contributed by atoms with Gasteiger partial charge in [0.1, 0.15) is 5.56 Å². The zero-order valence-electron chi connectivity index (χ0n) is 14.9. The number of aryl methyl sites for hydroxylation is 2. The van der Waals surface area contributed by atoms with Gasteiger partial charge in [0, 0.05) is 28.2 Å². The first-order valence-corrected chi connectivity index (χ1v) is 10.1. The zero-order chi connectivity index (χ0) is 20.1. The van der Waals surface area contributed by atoms with Crippen LogP contribution in [0.4, 0.5) is 10.8 Å². The number of aromatic amines is 1. The van der Waals surface area contributed by atoms with Crippen LogP contribution < -0.4 is 16.2 Å². The van der Waals surface area contributed by atoms with E-state index in [-0.39, 0.29) is 17.9 Å². The van der Waals surface area contributed by atoms with Gasteiger partial charge in [-0.2, -0.15) is 0 Å². The van der Waals surface area contributed by atoms with Crippen molar-refractivity contribution in [3.63, 3.8) is 0 Å². The average Bonchev–Trinajstić information content (AvgIpc) is 3.11. The van der Waals surface area contributed by atoms with E-state index in [4.69, 9.17) is 0 Å². The number of thiazole rings is 1. The number of benzene rings is 1. The second-order valence-electron chi connectivity index (χ2n) is 6.02. The molecule has 144 valence electrons. The van der Waals surface area contributed by atoms with Crippen LogP contribution in [0.25, 0.3) is 0 Å². The van der Waals surface area contributed by atoms with Gasteiger partial charge in [-0.05, 0) is 49.2 Å². The molecule has 0 saturated carbocycles. The minimum Gasteiger partial charge on any atom is -0.328 e. The molecule has 0 bridgehead atoms. The molecule has 0 saturated heterocycles. The number of anilines is 2. The number of nitrogens with zero attached hydrogens (tertiary/aromatic N) is 1. The van der Waals surface area contributed by atoms with Crippen LogP contribution in [-0.4, -0.2) is 21.8 Å². The number of halogens is 1. The lowest BCUT2D eigenvalue weighted by molar-refractivity contribution is -0.116. The first-order valence-electron chi connectivity index (χ1n) is 8.42. The summed E-state index contributed by atoms with van der Waals surface area (Å²) in [6, 6.07) is 8.63. The average molecular weight is 461 g/mol. The minimum atomic E-state index is -0.522. The molecular weight excluding hydrogens is 444 g/mol. The minimum absolute atomic E-state index is 0.0171. The predicted octanol–water partition coefficient (Wildman–Crippen LogP) is 3.73. The van der Waals surface area contributed by atoms with Gasteiger partial charge in [-0.15, -0.1) is 11.3 Å². The summed E-state index contributed by atoms with van der Waals surface area (Å²) in [5.74, 6) is -0.637. The maximum Gasteiger partial charge on any atom is 0.263 e. The van der Waals surface area contributed by atoms with Gasteiger partial charge in [0.25, 0.3) is 11.5 Å². The van der Waals surface area contributed by atoms with Crippen molar-refractivity contribution in [2.45, 2.75) is 19.8 Å². The normalized spacial score (nSPS) is 10.5. The summed E-state index contributed by atoms with van der Waals surface area (Å²) < 4.78 is 0.986. The van der Waals surface area contributed by atoms with Crippen molar-refractivity contribution in [1.82, 2.24) is 9.97 Å². The monoisotopic (exact) mass is 460 g/mol. The van der Waals surface area contributed by atoms with Crippen molar-refractivity contribution in [3.05, 3.63) is 73.6 Å². The van der Waals surface area contributed by atoms with Crippen LogP contribution in [0.15, 0.2) is 51.2 Å². The predicted molar refractivity (Wildman–Crippen MR) is 113 cm³/mol. The molecule has 9 heteroatoms. The van der Waals surface area contributed by atoms with Crippen LogP contribution in [0.2, 0.25) is 0 Å². The molecule has 28 heavy (non-hydrogen) atoms. The molecule has 3 aromatic rings. The lowest BCUT2D eigenvalue weighted by atomic mass is 10.2. The first-order chi connectivity index (χ1) is 13.4. The molecule has 0 aliphatic rings. The van der Waals surface area contributed by atoms with Crippen molar-refractivity contribution < 1.29 is 9.59 Å². The number of H-pyrrole nitrogens is 1. The van der Waals surface area contributed by atoms with E-state index in [1.165, 1.54) is 23.6 Å². The van der Waals surface area contributed by atoms with Crippen molar-refractivity contribution in [2.24, 2.45) is 0 Å². The molecule has 0 atom stereocenters. The Hall–Kier alpha value is -2.78. The van der Waals surface area contributed by atoms with Gasteiger partial charge in [0.05, 0.1) is 5.69 Å². The lowest BCUT2D eigenvalue weighted by Crippen LogP contribution is -2.22. The third-order valence-corrected chi connectivity index (χ3v) is 5.58. The van der Waals surface area contributed by atoms with Crippen LogP contribution in [0.3, 0.4) is 0 Å². The topological polar surface area (TPSA) is 104 Å². The Morgan fingerprint density at radius 1 is 1.25 bits per heavy atom. The number of carbonyl (C=O) groups excluding carboxylic acids is 2. The fourth-order valence-electron chi connectivity index (χ4n) is 2.43. The Kier molecular flexibility index (Phi) is 6.37. The fourth-order valence-corrected chi connectivity index (χ4v) is 3.42. The van der Waals surface area contributed by atoms with Crippen LogP contribution in [0.5, 0.6) is 0 Å². The summed E-state index contributed by atoms with van der Waals surface area (Å²) in [4.78, 5) is 42.7. The molecule has 2 heterocycles. The molecule has 2 amide bonds. The van der Waals surface area contributed by atoms with Crippen molar-refractivity contribution >= 4 is 49.9 Å². The van der Waals surface area contributed by atoms with Gasteiger partial charge in [-0.1, -0.05) is 15.9 Å². The molecule has 0 spiro atoms. The Morgan fingerprint density at radius 3 is 2.82 bits per heavy atom. The lowest BCUT2D eigenvalue weighted by Gasteiger charge is -2.06. The second kappa shape index (κ2) is 8.94. The number of aromatic nitrogens is 2. The summed E-state index contributed by atoms with van der Waals surface area (Å²) in [6.07, 6.45) is 2.17. The number of rotatable bonds is 6. The largest absolute Gasteiger partial charge is 0.328 e. The molecule has 0 radical (unpaired) electrons. The molecule has 3 N–H and O–H groups in total. The van der Waals surface area contributed by atoms with E-state index in [0.29, 0.717) is 17.2 Å². The maximum absolute atomic E-state index is 12.1. The van der Waals surface area contributed by atoms with E-state index in [9.17, 15) is 14.4 Å². The summed E-state index contributed by atoms with van der Waals surface area (Å²) in [5, 5.41) is 7.62. The summed E-state index contributed by atoms with van der Waals surface area (Å²) >= 11 is 4.67. The highest BCUT2D eigenvalue weighted by molar-refractivity contribution is 9.10. The Balaban J connectivity index is 1.53. The maximum atomic E-state index is 12.1. The smallest absolute Gasteiger partial charge is 0.263 e. The third kappa shape index (κ3) is 5.14. The highest BCUT2D eigenvalue weighted by Gasteiger charge is 2.13. The molecule has 0 aliphatic carbocycles. The van der Waals surface area contributed by atoms with Gasteiger partial charge < -0.3 is 10.3 Å². The van der Waals surface area contributed by atoms with E-state index in [2.05, 4.69) is 36.5 Å². The molecule has 0 unspecified atom stereocenters. The highest BCUT2D eigenvalue weighted by Crippen LogP contribution is 2.21. The zero-order valence-corrected chi connectivity index (χ0v) is 17.3. The quantitative estimate of drug-likeness (QED) is 0.521. The SMILES string of the molecule is Cc1cc(NC(=O)CCc2csc(NC(=O)c3ccc[nH]c3=O)n2)ccc1Br. The van der Waals surface area contributed by atoms with Crippen LogP contribution in [-0.2, 0) is 11.2 Å². The number of amides is 2. The van der Waals surface area contributed by atoms with Gasteiger partial charge in [-0.3, -0.25) is 19.7 Å². The molecule has 1 aromatic carbocycles. The summed E-state index contributed by atoms with van der Waals surface area (Å²) in [7, 11) is 0. The van der Waals surface area contributed by atoms with Crippen LogP contribution >= 0.6 is 27.3 Å². The Bertz CT molecular complexity index is 1080. The van der Waals surface area contributed by atoms with Gasteiger partial charge >= 0.3 is 0 Å². The van der Waals surface area contributed by atoms with Crippen molar-refractivity contribution in [2.75, 3.05) is 10.6 Å². The standard InChI is InChI=1S/C19H17BrN4O3S/c1-11-9-12(4-6-15(11)20)22-16(25)7-5-13-10-28-19(23-13)24-18(27)14-3-2-8-21-17(14)26/h2-4,6,8-10H,5,7H2,1H3,(H,21,26)(H,22,25)(H,23,24,27). The van der Waals surface area contributed by atoms with Crippen LogP contribution in [0, 0.1) is 6.92 Å². The molecule has 7 nitrogen and oxygen atoms in total. The molecule has 0 fully saturated rings. The number of hydrogen-bond acceptors (Lipinski definition) is 5. The Morgan fingerprint density at radius 2 is 2.07 bits per heavy atom.